The first kappa shape index (κ1) is 28.5. The van der Waals surface area contributed by atoms with Crippen LogP contribution in [-0.2, 0) is 27.9 Å². The van der Waals surface area contributed by atoms with Crippen LogP contribution >= 0.6 is 0 Å². The second-order valence-electron chi connectivity index (χ2n) is 11.3. The fraction of sp³-hybridized carbons (Fsp3) is 0.667. The monoisotopic (exact) mass is 482 g/mol. The molecule has 0 aliphatic rings. The Balaban J connectivity index is 3.49. The van der Waals surface area contributed by atoms with Crippen LogP contribution in [-0.4, -0.2) is 42.8 Å². The van der Waals surface area contributed by atoms with Gasteiger partial charge in [0, 0.05) is 0 Å². The van der Waals surface area contributed by atoms with Gasteiger partial charge < -0.3 is 18.3 Å². The van der Waals surface area contributed by atoms with Crippen molar-refractivity contribution in [2.75, 3.05) is 14.2 Å². The topological polar surface area (TPSA) is 71.1 Å². The predicted molar refractivity (Wildman–Crippen MR) is 132 cm³/mol. The molecule has 0 saturated carbocycles. The van der Waals surface area contributed by atoms with Gasteiger partial charge in [-0.05, 0) is 78.1 Å². The minimum absolute atomic E-state index is 0.323. The third-order valence-corrected chi connectivity index (χ3v) is 7.10. The molecule has 32 heavy (non-hydrogen) atoms. The van der Waals surface area contributed by atoms with Gasteiger partial charge in [-0.15, -0.1) is 0 Å². The van der Waals surface area contributed by atoms with E-state index in [1.54, 1.807) is 0 Å². The first-order valence-electron chi connectivity index (χ1n) is 11.0. The maximum Gasteiger partial charge on any atom is 0.314 e. The zero-order chi connectivity index (χ0) is 25.1. The molecule has 6 nitrogen and oxygen atoms in total. The van der Waals surface area contributed by atoms with E-state index in [4.69, 9.17) is 18.3 Å². The maximum atomic E-state index is 12.6. The summed E-state index contributed by atoms with van der Waals surface area (Å²) in [6, 6.07) is 7.83. The standard InChI is InChI=1S/C24H42O6Si2/c1-23(2,21(25)27-5)19(29-31(7,8)9)17-13-15-18(16-14-17)20(30-32(10,11)12)24(3,4)22(26)28-6/h13-16,19-20H,1-12H3. The third kappa shape index (κ3) is 7.26. The number of rotatable bonds is 10. The number of methoxy groups -OCH3 is 2. The summed E-state index contributed by atoms with van der Waals surface area (Å²) in [5, 5.41) is 0. The number of hydrogen-bond donors (Lipinski definition) is 0. The molecule has 1 aromatic carbocycles. The summed E-state index contributed by atoms with van der Waals surface area (Å²) < 4.78 is 23.0. The van der Waals surface area contributed by atoms with E-state index < -0.39 is 39.7 Å². The average molecular weight is 483 g/mol. The lowest BCUT2D eigenvalue weighted by molar-refractivity contribution is -0.157. The van der Waals surface area contributed by atoms with Crippen molar-refractivity contribution in [1.29, 1.82) is 0 Å². The Bertz CT molecular complexity index is 721. The maximum absolute atomic E-state index is 12.6. The largest absolute Gasteiger partial charge is 0.469 e. The molecule has 0 aliphatic heterocycles. The van der Waals surface area contributed by atoms with Crippen molar-refractivity contribution in [3.63, 3.8) is 0 Å². The van der Waals surface area contributed by atoms with Gasteiger partial charge in [-0.3, -0.25) is 9.59 Å². The highest BCUT2D eigenvalue weighted by molar-refractivity contribution is 6.70. The summed E-state index contributed by atoms with van der Waals surface area (Å²) in [5.74, 6) is -0.645. The molecule has 0 N–H and O–H groups in total. The predicted octanol–water partition coefficient (Wildman–Crippen LogP) is 5.87. The Labute approximate surface area is 196 Å². The first-order valence-corrected chi connectivity index (χ1v) is 17.8. The van der Waals surface area contributed by atoms with E-state index in [-0.39, 0.29) is 11.9 Å². The summed E-state index contributed by atoms with van der Waals surface area (Å²) in [6.07, 6.45) is -0.915. The van der Waals surface area contributed by atoms with Crippen molar-refractivity contribution in [2.24, 2.45) is 10.8 Å². The summed E-state index contributed by atoms with van der Waals surface area (Å²) in [7, 11) is -1.16. The summed E-state index contributed by atoms with van der Waals surface area (Å²) in [6.45, 7) is 19.9. The highest BCUT2D eigenvalue weighted by Crippen LogP contribution is 2.43. The Morgan fingerprint density at radius 2 is 0.906 bits per heavy atom. The van der Waals surface area contributed by atoms with Crippen molar-refractivity contribution in [3.05, 3.63) is 35.4 Å². The van der Waals surface area contributed by atoms with Crippen molar-refractivity contribution in [3.8, 4) is 0 Å². The van der Waals surface area contributed by atoms with Crippen LogP contribution in [0.3, 0.4) is 0 Å². The molecule has 0 spiro atoms. The van der Waals surface area contributed by atoms with Crippen molar-refractivity contribution in [2.45, 2.75) is 79.2 Å². The molecule has 2 unspecified atom stereocenters. The van der Waals surface area contributed by atoms with Crippen LogP contribution in [0.4, 0.5) is 0 Å². The Hall–Kier alpha value is -1.49. The van der Waals surface area contributed by atoms with Gasteiger partial charge in [-0.1, -0.05) is 24.3 Å². The van der Waals surface area contributed by atoms with E-state index in [2.05, 4.69) is 39.3 Å². The molecule has 182 valence electrons. The van der Waals surface area contributed by atoms with Gasteiger partial charge in [-0.25, -0.2) is 0 Å². The Morgan fingerprint density at radius 3 is 1.09 bits per heavy atom. The van der Waals surface area contributed by atoms with E-state index in [0.717, 1.165) is 11.1 Å². The fourth-order valence-electron chi connectivity index (χ4n) is 3.56. The summed E-state index contributed by atoms with van der Waals surface area (Å²) in [5.41, 5.74) is 0.0370. The van der Waals surface area contributed by atoms with Crippen LogP contribution in [0.5, 0.6) is 0 Å². The fourth-order valence-corrected chi connectivity index (χ4v) is 5.83. The van der Waals surface area contributed by atoms with Gasteiger partial charge in [0.15, 0.2) is 16.6 Å². The average Bonchev–Trinajstić information content (AvgIpc) is 2.67. The zero-order valence-electron chi connectivity index (χ0n) is 21.9. The number of benzene rings is 1. The molecule has 0 amide bonds. The molecule has 1 rings (SSSR count). The van der Waals surface area contributed by atoms with Gasteiger partial charge in [0.1, 0.15) is 0 Å². The zero-order valence-corrected chi connectivity index (χ0v) is 23.9. The Kier molecular flexibility index (Phi) is 9.10. The highest BCUT2D eigenvalue weighted by atomic mass is 28.4. The molecule has 0 saturated heterocycles. The second kappa shape index (κ2) is 10.2. The lowest BCUT2D eigenvalue weighted by atomic mass is 9.80. The minimum Gasteiger partial charge on any atom is -0.469 e. The molecule has 0 aliphatic carbocycles. The quantitative estimate of drug-likeness (QED) is 0.307. The molecule has 8 heteroatoms. The van der Waals surface area contributed by atoms with Crippen molar-refractivity contribution < 1.29 is 27.9 Å². The first-order chi connectivity index (χ1) is 14.4. The minimum atomic E-state index is -1.98. The van der Waals surface area contributed by atoms with Gasteiger partial charge in [-0.2, -0.15) is 0 Å². The SMILES string of the molecule is COC(=O)C(C)(C)C(O[Si](C)(C)C)c1ccc(C(O[Si](C)(C)C)C(C)(C)C(=O)OC)cc1. The molecule has 0 fully saturated rings. The highest BCUT2D eigenvalue weighted by Gasteiger charge is 2.44. The molecule has 1 aromatic rings. The van der Waals surface area contributed by atoms with E-state index in [1.165, 1.54) is 14.2 Å². The normalized spacial score (nSPS) is 15.1. The molecular formula is C24H42O6Si2. The van der Waals surface area contributed by atoms with Crippen LogP contribution in [0.1, 0.15) is 51.0 Å². The number of carbonyl (C=O) groups is 2. The van der Waals surface area contributed by atoms with Crippen LogP contribution in [0.2, 0.25) is 39.3 Å². The van der Waals surface area contributed by atoms with Gasteiger partial charge in [0.05, 0.1) is 37.3 Å². The number of hydrogen-bond acceptors (Lipinski definition) is 6. The molecule has 0 heterocycles. The van der Waals surface area contributed by atoms with Gasteiger partial charge in [0.25, 0.3) is 0 Å². The number of carbonyl (C=O) groups excluding carboxylic acids is 2. The molecule has 0 bridgehead atoms. The van der Waals surface area contributed by atoms with E-state index >= 15 is 0 Å². The van der Waals surface area contributed by atoms with Crippen LogP contribution in [0, 0.1) is 10.8 Å². The van der Waals surface area contributed by atoms with Crippen LogP contribution < -0.4 is 0 Å². The molecule has 0 radical (unpaired) electrons. The summed E-state index contributed by atoms with van der Waals surface area (Å²) in [4.78, 5) is 25.1. The Morgan fingerprint density at radius 1 is 0.656 bits per heavy atom. The van der Waals surface area contributed by atoms with Crippen molar-refractivity contribution in [1.82, 2.24) is 0 Å². The van der Waals surface area contributed by atoms with E-state index in [9.17, 15) is 9.59 Å². The van der Waals surface area contributed by atoms with Crippen LogP contribution in [0.15, 0.2) is 24.3 Å². The van der Waals surface area contributed by atoms with Crippen LogP contribution in [0.25, 0.3) is 0 Å². The molecule has 0 aromatic heterocycles. The number of esters is 2. The lowest BCUT2D eigenvalue weighted by Gasteiger charge is -2.38. The lowest BCUT2D eigenvalue weighted by Crippen LogP contribution is -2.40. The van der Waals surface area contributed by atoms with Gasteiger partial charge >= 0.3 is 11.9 Å². The smallest absolute Gasteiger partial charge is 0.314 e. The molecule has 2 atom stereocenters. The summed E-state index contributed by atoms with van der Waals surface area (Å²) >= 11 is 0. The van der Waals surface area contributed by atoms with Crippen molar-refractivity contribution >= 4 is 28.6 Å². The van der Waals surface area contributed by atoms with E-state index in [1.807, 2.05) is 52.0 Å². The number of ether oxygens (including phenoxy) is 2. The third-order valence-electron chi connectivity index (χ3n) is 5.22. The molecular weight excluding hydrogens is 440 g/mol. The van der Waals surface area contributed by atoms with Gasteiger partial charge in [0.2, 0.25) is 0 Å². The van der Waals surface area contributed by atoms with E-state index in [0.29, 0.717) is 0 Å². The second-order valence-corrected chi connectivity index (χ2v) is 20.2.